The van der Waals surface area contributed by atoms with Crippen LogP contribution in [0.2, 0.25) is 0 Å². The van der Waals surface area contributed by atoms with Crippen molar-refractivity contribution in [3.05, 3.63) is 58.1 Å². The number of carbonyl (C=O) groups excluding carboxylic acids is 2. The highest BCUT2D eigenvalue weighted by Crippen LogP contribution is 2.33. The zero-order valence-corrected chi connectivity index (χ0v) is 19.9. The van der Waals surface area contributed by atoms with E-state index < -0.39 is 5.91 Å². The number of amides is 2. The summed E-state index contributed by atoms with van der Waals surface area (Å²) in [7, 11) is 0. The maximum absolute atomic E-state index is 13.6. The largest absolute Gasteiger partial charge is 0.370 e. The Bertz CT molecular complexity index is 1400. The number of rotatable bonds is 5. The van der Waals surface area contributed by atoms with Crippen LogP contribution in [-0.2, 0) is 0 Å². The van der Waals surface area contributed by atoms with E-state index in [1.54, 1.807) is 36.5 Å². The van der Waals surface area contributed by atoms with Crippen LogP contribution in [0.25, 0.3) is 21.7 Å². The van der Waals surface area contributed by atoms with E-state index in [0.29, 0.717) is 39.3 Å². The van der Waals surface area contributed by atoms with Gasteiger partial charge in [-0.15, -0.1) is 11.3 Å². The number of hydrogen-bond donors (Lipinski definition) is 2. The van der Waals surface area contributed by atoms with E-state index in [2.05, 4.69) is 20.4 Å². The van der Waals surface area contributed by atoms with Gasteiger partial charge in [0.2, 0.25) is 5.91 Å². The number of aryl methyl sites for hydroxylation is 2. The molecule has 0 radical (unpaired) electrons. The van der Waals surface area contributed by atoms with Crippen molar-refractivity contribution >= 4 is 45.6 Å². The van der Waals surface area contributed by atoms with Gasteiger partial charge in [0.05, 0.1) is 38.6 Å². The molecule has 34 heavy (non-hydrogen) atoms. The molecule has 2 amide bonds. The molecule has 1 fully saturated rings. The molecular weight excluding hydrogens is 450 g/mol. The first-order valence-corrected chi connectivity index (χ1v) is 12.1. The van der Waals surface area contributed by atoms with Crippen LogP contribution in [0.3, 0.4) is 0 Å². The van der Waals surface area contributed by atoms with E-state index in [1.807, 2.05) is 25.1 Å². The van der Waals surface area contributed by atoms with Gasteiger partial charge in [0.1, 0.15) is 0 Å². The zero-order valence-electron chi connectivity index (χ0n) is 19.1. The minimum atomic E-state index is -0.544. The average molecular weight is 476 g/mol. The smallest absolute Gasteiger partial charge is 0.259 e. The lowest BCUT2D eigenvalue weighted by molar-refractivity contribution is 0.0996. The first-order valence-electron chi connectivity index (χ1n) is 11.2. The van der Waals surface area contributed by atoms with Gasteiger partial charge in [0, 0.05) is 23.5 Å². The van der Waals surface area contributed by atoms with Gasteiger partial charge in [-0.25, -0.2) is 4.98 Å². The minimum absolute atomic E-state index is 0.313. The van der Waals surface area contributed by atoms with Crippen molar-refractivity contribution in [3.8, 4) is 10.6 Å². The van der Waals surface area contributed by atoms with Gasteiger partial charge >= 0.3 is 0 Å². The summed E-state index contributed by atoms with van der Waals surface area (Å²) in [5, 5.41) is 7.63. The van der Waals surface area contributed by atoms with E-state index in [0.717, 1.165) is 41.4 Å². The summed E-state index contributed by atoms with van der Waals surface area (Å²) in [6.45, 7) is 5.59. The second kappa shape index (κ2) is 8.90. The Kier molecular flexibility index (Phi) is 5.79. The summed E-state index contributed by atoms with van der Waals surface area (Å²) < 4.78 is 5.42. The third-order valence-electron chi connectivity index (χ3n) is 6.08. The first-order chi connectivity index (χ1) is 16.4. The van der Waals surface area contributed by atoms with Crippen LogP contribution in [0.4, 0.5) is 11.4 Å². The van der Waals surface area contributed by atoms with Gasteiger partial charge in [0.25, 0.3) is 11.6 Å². The van der Waals surface area contributed by atoms with Crippen molar-refractivity contribution in [1.29, 1.82) is 0 Å². The van der Waals surface area contributed by atoms with E-state index in [9.17, 15) is 9.59 Å². The number of aromatic nitrogens is 2. The van der Waals surface area contributed by atoms with Crippen molar-refractivity contribution in [2.24, 2.45) is 5.73 Å². The maximum atomic E-state index is 13.6. The van der Waals surface area contributed by atoms with Gasteiger partial charge < -0.3 is 20.5 Å². The second-order valence-corrected chi connectivity index (χ2v) is 9.80. The molecule has 9 heteroatoms. The number of nitrogens with zero attached hydrogens (tertiary/aromatic N) is 3. The Morgan fingerprint density at radius 1 is 1.09 bits per heavy atom. The molecule has 0 bridgehead atoms. The molecule has 0 atom stereocenters. The monoisotopic (exact) mass is 475 g/mol. The Morgan fingerprint density at radius 3 is 2.59 bits per heavy atom. The number of thiophene rings is 1. The third-order valence-corrected chi connectivity index (χ3v) is 7.10. The SMILES string of the molecule is Cc1ccc(-c2cc(C(=O)Nc3cc(C(N)=O)ccc3N3CCCCC3)c3c(C)noc3n2)s1. The highest BCUT2D eigenvalue weighted by molar-refractivity contribution is 7.15. The van der Waals surface area contributed by atoms with Crippen LogP contribution in [0.5, 0.6) is 0 Å². The normalized spacial score (nSPS) is 13.9. The third kappa shape index (κ3) is 4.14. The lowest BCUT2D eigenvalue weighted by Gasteiger charge is -2.30. The molecule has 1 aliphatic heterocycles. The molecule has 3 N–H and O–H groups in total. The molecule has 1 aliphatic rings. The number of carbonyl (C=O) groups is 2. The molecule has 1 aromatic carbocycles. The first kappa shape index (κ1) is 22.1. The van der Waals surface area contributed by atoms with E-state index >= 15 is 0 Å². The van der Waals surface area contributed by atoms with Crippen LogP contribution in [0, 0.1) is 13.8 Å². The molecule has 0 saturated carbocycles. The number of nitrogens with one attached hydrogen (secondary N) is 1. The fraction of sp³-hybridized carbons (Fsp3) is 0.280. The van der Waals surface area contributed by atoms with Crippen molar-refractivity contribution in [2.45, 2.75) is 33.1 Å². The minimum Gasteiger partial charge on any atom is -0.370 e. The van der Waals surface area contributed by atoms with Crippen molar-refractivity contribution in [3.63, 3.8) is 0 Å². The molecule has 3 aromatic heterocycles. The predicted octanol–water partition coefficient (Wildman–Crippen LogP) is 4.91. The lowest BCUT2D eigenvalue weighted by atomic mass is 10.1. The standard InChI is InChI=1S/C25H25N5O3S/c1-14-6-9-21(34-14)19-13-17(22-15(2)29-33-25(22)28-19)24(32)27-18-12-16(23(26)31)7-8-20(18)30-10-4-3-5-11-30/h6-9,12-13H,3-5,10-11H2,1-2H3,(H2,26,31)(H,27,32). The fourth-order valence-corrected chi connectivity index (χ4v) is 5.19. The van der Waals surface area contributed by atoms with Crippen LogP contribution < -0.4 is 16.0 Å². The topological polar surface area (TPSA) is 114 Å². The highest BCUT2D eigenvalue weighted by Gasteiger charge is 2.23. The van der Waals surface area contributed by atoms with Crippen molar-refractivity contribution in [1.82, 2.24) is 10.1 Å². The van der Waals surface area contributed by atoms with Gasteiger partial charge in [0.15, 0.2) is 0 Å². The summed E-state index contributed by atoms with van der Waals surface area (Å²) in [4.78, 5) is 34.4. The lowest BCUT2D eigenvalue weighted by Crippen LogP contribution is -2.30. The van der Waals surface area contributed by atoms with E-state index in [4.69, 9.17) is 10.3 Å². The van der Waals surface area contributed by atoms with Crippen LogP contribution in [-0.4, -0.2) is 35.0 Å². The van der Waals surface area contributed by atoms with Gasteiger partial charge in [-0.2, -0.15) is 0 Å². The van der Waals surface area contributed by atoms with E-state index in [1.165, 1.54) is 6.42 Å². The van der Waals surface area contributed by atoms with Gasteiger partial charge in [-0.1, -0.05) is 5.16 Å². The summed E-state index contributed by atoms with van der Waals surface area (Å²) in [5.74, 6) is -0.870. The molecule has 4 aromatic rings. The van der Waals surface area contributed by atoms with Gasteiger partial charge in [-0.05, 0) is 69.5 Å². The summed E-state index contributed by atoms with van der Waals surface area (Å²) in [6.07, 6.45) is 3.35. The molecule has 174 valence electrons. The number of anilines is 2. The molecule has 0 unspecified atom stereocenters. The molecule has 4 heterocycles. The molecule has 1 saturated heterocycles. The maximum Gasteiger partial charge on any atom is 0.259 e. The van der Waals surface area contributed by atoms with Crippen LogP contribution >= 0.6 is 11.3 Å². The number of nitrogens with two attached hydrogens (primary N) is 1. The zero-order chi connectivity index (χ0) is 23.8. The van der Waals surface area contributed by atoms with Crippen molar-refractivity contribution in [2.75, 3.05) is 23.3 Å². The fourth-order valence-electron chi connectivity index (χ4n) is 4.36. The van der Waals surface area contributed by atoms with Crippen LogP contribution in [0.15, 0.2) is 40.9 Å². The Morgan fingerprint density at radius 2 is 1.88 bits per heavy atom. The number of primary amides is 1. The summed E-state index contributed by atoms with van der Waals surface area (Å²) in [5.41, 5.74) is 9.26. The van der Waals surface area contributed by atoms with E-state index in [-0.39, 0.29) is 5.91 Å². The number of pyridine rings is 1. The second-order valence-electron chi connectivity index (χ2n) is 8.51. The molecule has 0 aliphatic carbocycles. The molecular formula is C25H25N5O3S. The number of piperidine rings is 1. The van der Waals surface area contributed by atoms with Crippen molar-refractivity contribution < 1.29 is 14.1 Å². The molecule has 0 spiro atoms. The Balaban J connectivity index is 1.58. The number of hydrogen-bond acceptors (Lipinski definition) is 7. The number of benzene rings is 1. The van der Waals surface area contributed by atoms with Crippen LogP contribution in [0.1, 0.15) is 50.5 Å². The Labute approximate surface area is 200 Å². The number of fused-ring (bicyclic) bond motifs is 1. The summed E-state index contributed by atoms with van der Waals surface area (Å²) >= 11 is 1.59. The molecule has 5 rings (SSSR count). The Hall–Kier alpha value is -3.72. The summed E-state index contributed by atoms with van der Waals surface area (Å²) in [6, 6.07) is 11.0. The average Bonchev–Trinajstić information content (AvgIpc) is 3.44. The van der Waals surface area contributed by atoms with Gasteiger partial charge in [-0.3, -0.25) is 9.59 Å². The highest BCUT2D eigenvalue weighted by atomic mass is 32.1. The predicted molar refractivity (Wildman–Crippen MR) is 134 cm³/mol. The molecule has 8 nitrogen and oxygen atoms in total. The quantitative estimate of drug-likeness (QED) is 0.424.